The quantitative estimate of drug-likeness (QED) is 0.331. The van der Waals surface area contributed by atoms with Gasteiger partial charge in [-0.05, 0) is 12.1 Å². The minimum atomic E-state index is 0. The van der Waals surface area contributed by atoms with Crippen LogP contribution >= 0.6 is 35.3 Å². The lowest BCUT2D eigenvalue weighted by Crippen LogP contribution is -2.38. The van der Waals surface area contributed by atoms with Crippen LogP contribution in [-0.2, 0) is 13.1 Å². The zero-order valence-electron chi connectivity index (χ0n) is 14.1. The Morgan fingerprint density at radius 3 is 2.60 bits per heavy atom. The summed E-state index contributed by atoms with van der Waals surface area (Å²) in [4.78, 5) is 8.93. The molecule has 3 rings (SSSR count). The molecular formula is C18H22IN5S. The van der Waals surface area contributed by atoms with Crippen molar-refractivity contribution in [2.45, 2.75) is 13.1 Å². The molecule has 0 atom stereocenters. The molecule has 0 fully saturated rings. The zero-order chi connectivity index (χ0) is 16.6. The molecule has 0 spiro atoms. The number of hydrogen-bond donors (Lipinski definition) is 2. The van der Waals surface area contributed by atoms with E-state index in [2.05, 4.69) is 55.1 Å². The van der Waals surface area contributed by atoms with Gasteiger partial charge in [-0.15, -0.1) is 35.3 Å². The van der Waals surface area contributed by atoms with Gasteiger partial charge in [0.2, 0.25) is 0 Å². The molecule has 1 aromatic carbocycles. The smallest absolute Gasteiger partial charge is 0.191 e. The second-order valence-corrected chi connectivity index (χ2v) is 6.21. The zero-order valence-corrected chi connectivity index (χ0v) is 17.2. The van der Waals surface area contributed by atoms with Gasteiger partial charge < -0.3 is 15.2 Å². The van der Waals surface area contributed by atoms with E-state index in [0.29, 0.717) is 6.54 Å². The largest absolute Gasteiger partial charge is 0.355 e. The summed E-state index contributed by atoms with van der Waals surface area (Å²) in [5, 5.41) is 9.76. The highest BCUT2D eigenvalue weighted by atomic mass is 127. The van der Waals surface area contributed by atoms with Gasteiger partial charge in [-0.2, -0.15) is 0 Å². The first-order chi connectivity index (χ1) is 11.8. The minimum absolute atomic E-state index is 0. The number of hydrogen-bond acceptors (Lipinski definition) is 3. The normalized spacial score (nSPS) is 11.0. The highest BCUT2D eigenvalue weighted by molar-refractivity contribution is 14.0. The van der Waals surface area contributed by atoms with Gasteiger partial charge in [0.25, 0.3) is 0 Å². The van der Waals surface area contributed by atoms with Crippen molar-refractivity contribution in [1.82, 2.24) is 20.2 Å². The van der Waals surface area contributed by atoms with Crippen molar-refractivity contribution in [3.63, 3.8) is 0 Å². The molecular weight excluding hydrogens is 445 g/mol. The Hall–Kier alpha value is -1.87. The Kier molecular flexibility index (Phi) is 7.93. The van der Waals surface area contributed by atoms with E-state index in [9.17, 15) is 0 Å². The van der Waals surface area contributed by atoms with E-state index in [-0.39, 0.29) is 24.0 Å². The van der Waals surface area contributed by atoms with E-state index in [0.717, 1.165) is 35.3 Å². The number of aliphatic imine (C=N–C) groups is 1. The third-order valence-corrected chi connectivity index (χ3v) is 4.43. The van der Waals surface area contributed by atoms with Crippen molar-refractivity contribution in [3.8, 4) is 11.3 Å². The van der Waals surface area contributed by atoms with Gasteiger partial charge in [-0.25, -0.2) is 4.98 Å². The molecule has 7 heteroatoms. The fourth-order valence-corrected chi connectivity index (χ4v) is 3.08. The van der Waals surface area contributed by atoms with Crippen molar-refractivity contribution >= 4 is 41.3 Å². The average molecular weight is 467 g/mol. The monoisotopic (exact) mass is 467 g/mol. The van der Waals surface area contributed by atoms with Crippen LogP contribution in [0, 0.1) is 0 Å². The second-order valence-electron chi connectivity index (χ2n) is 5.27. The summed E-state index contributed by atoms with van der Waals surface area (Å²) in [5.74, 6) is 0.790. The molecule has 0 aliphatic rings. The van der Waals surface area contributed by atoms with Crippen LogP contribution in [0.15, 0.2) is 65.2 Å². The lowest BCUT2D eigenvalue weighted by molar-refractivity contribution is 0.665. The highest BCUT2D eigenvalue weighted by Crippen LogP contribution is 2.21. The maximum atomic E-state index is 4.68. The number of thiazole rings is 1. The summed E-state index contributed by atoms with van der Waals surface area (Å²) in [6.07, 6.45) is 4.11. The van der Waals surface area contributed by atoms with Crippen LogP contribution in [0.2, 0.25) is 0 Å². The number of nitrogens with zero attached hydrogens (tertiary/aromatic N) is 3. The molecule has 0 radical (unpaired) electrons. The van der Waals surface area contributed by atoms with Crippen LogP contribution in [0.25, 0.3) is 11.3 Å². The summed E-state index contributed by atoms with van der Waals surface area (Å²) in [6, 6.07) is 14.3. The summed E-state index contributed by atoms with van der Waals surface area (Å²) in [6.45, 7) is 2.39. The first kappa shape index (κ1) is 19.5. The van der Waals surface area contributed by atoms with E-state index in [4.69, 9.17) is 0 Å². The highest BCUT2D eigenvalue weighted by Gasteiger charge is 2.05. The van der Waals surface area contributed by atoms with E-state index >= 15 is 0 Å². The molecule has 0 saturated heterocycles. The Morgan fingerprint density at radius 1 is 1.12 bits per heavy atom. The number of nitrogens with one attached hydrogen (secondary N) is 2. The second kappa shape index (κ2) is 10.2. The van der Waals surface area contributed by atoms with Gasteiger partial charge in [0.1, 0.15) is 5.01 Å². The predicted octanol–water partition coefficient (Wildman–Crippen LogP) is 3.59. The third kappa shape index (κ3) is 5.86. The van der Waals surface area contributed by atoms with Crippen LogP contribution < -0.4 is 10.6 Å². The maximum absolute atomic E-state index is 4.68. The van der Waals surface area contributed by atoms with Gasteiger partial charge in [0.05, 0.1) is 12.2 Å². The van der Waals surface area contributed by atoms with Gasteiger partial charge in [0.15, 0.2) is 5.96 Å². The van der Waals surface area contributed by atoms with E-state index in [1.54, 1.807) is 18.4 Å². The van der Waals surface area contributed by atoms with Crippen molar-refractivity contribution < 1.29 is 0 Å². The van der Waals surface area contributed by atoms with E-state index in [1.807, 2.05) is 30.3 Å². The molecule has 0 amide bonds. The van der Waals surface area contributed by atoms with E-state index < -0.39 is 0 Å². The lowest BCUT2D eigenvalue weighted by Gasteiger charge is -2.11. The number of guanidine groups is 1. The molecule has 2 N–H and O–H groups in total. The summed E-state index contributed by atoms with van der Waals surface area (Å²) < 4.78 is 2.13. The van der Waals surface area contributed by atoms with Crippen LogP contribution in [0.3, 0.4) is 0 Å². The van der Waals surface area contributed by atoms with Gasteiger partial charge in [-0.1, -0.05) is 30.3 Å². The molecule has 2 heterocycles. The van der Waals surface area contributed by atoms with Gasteiger partial charge in [0, 0.05) is 43.5 Å². The van der Waals surface area contributed by atoms with Crippen molar-refractivity contribution in [2.75, 3.05) is 13.6 Å². The fourth-order valence-electron chi connectivity index (χ4n) is 2.34. The molecule has 5 nitrogen and oxygen atoms in total. The first-order valence-electron chi connectivity index (χ1n) is 7.90. The van der Waals surface area contributed by atoms with Gasteiger partial charge in [-0.3, -0.25) is 4.99 Å². The molecule has 25 heavy (non-hydrogen) atoms. The van der Waals surface area contributed by atoms with Crippen LogP contribution in [0.1, 0.15) is 5.01 Å². The summed E-state index contributed by atoms with van der Waals surface area (Å²) in [5.41, 5.74) is 2.17. The molecule has 0 aliphatic carbocycles. The first-order valence-corrected chi connectivity index (χ1v) is 8.78. The van der Waals surface area contributed by atoms with Gasteiger partial charge >= 0.3 is 0 Å². The maximum Gasteiger partial charge on any atom is 0.191 e. The molecule has 2 aromatic heterocycles. The molecule has 3 aromatic rings. The number of aromatic nitrogens is 2. The molecule has 0 bridgehead atoms. The molecule has 132 valence electrons. The van der Waals surface area contributed by atoms with Crippen molar-refractivity contribution in [2.24, 2.45) is 4.99 Å². The van der Waals surface area contributed by atoms with Crippen LogP contribution in [0.4, 0.5) is 0 Å². The summed E-state index contributed by atoms with van der Waals surface area (Å²) in [7, 11) is 1.78. The Bertz CT molecular complexity index is 768. The fraction of sp³-hybridized carbons (Fsp3) is 0.222. The van der Waals surface area contributed by atoms with Crippen LogP contribution in [0.5, 0.6) is 0 Å². The third-order valence-electron chi connectivity index (χ3n) is 3.58. The molecule has 0 unspecified atom stereocenters. The van der Waals surface area contributed by atoms with E-state index in [1.165, 1.54) is 0 Å². The SMILES string of the molecule is CN=C(NCCn1cccc1)NCc1nc(-c2ccccc2)cs1.I. The lowest BCUT2D eigenvalue weighted by atomic mass is 10.2. The Balaban J connectivity index is 0.00000225. The Morgan fingerprint density at radius 2 is 1.88 bits per heavy atom. The predicted molar refractivity (Wildman–Crippen MR) is 116 cm³/mol. The van der Waals surface area contributed by atoms with Crippen LogP contribution in [-0.4, -0.2) is 29.1 Å². The molecule has 0 saturated carbocycles. The number of halogens is 1. The number of benzene rings is 1. The van der Waals surface area contributed by atoms with Crippen molar-refractivity contribution in [1.29, 1.82) is 0 Å². The number of rotatable bonds is 6. The average Bonchev–Trinajstić information content (AvgIpc) is 3.30. The summed E-state index contributed by atoms with van der Waals surface area (Å²) >= 11 is 1.66. The Labute approximate surface area is 169 Å². The standard InChI is InChI=1S/C18H21N5S.HI/c1-19-18(20-9-12-23-10-5-6-11-23)21-13-17-22-16(14-24-17)15-7-3-2-4-8-15;/h2-8,10-11,14H,9,12-13H2,1H3,(H2,19,20,21);1H. The minimum Gasteiger partial charge on any atom is -0.355 e. The molecule has 0 aliphatic heterocycles. The topological polar surface area (TPSA) is 54.2 Å². The van der Waals surface area contributed by atoms with Crippen molar-refractivity contribution in [3.05, 3.63) is 65.2 Å².